The molecular weight excluding hydrogens is 258 g/mol. The molecule has 19 heavy (non-hydrogen) atoms. The van der Waals surface area contributed by atoms with Crippen LogP contribution in [0, 0.1) is 0 Å². The monoisotopic (exact) mass is 275 g/mol. The van der Waals surface area contributed by atoms with Crippen LogP contribution in [0.3, 0.4) is 0 Å². The quantitative estimate of drug-likeness (QED) is 0.879. The van der Waals surface area contributed by atoms with Crippen molar-refractivity contribution in [3.63, 3.8) is 0 Å². The van der Waals surface area contributed by atoms with Gasteiger partial charge in [0.05, 0.1) is 6.04 Å². The summed E-state index contributed by atoms with van der Waals surface area (Å²) in [6.07, 6.45) is 4.54. The maximum absolute atomic E-state index is 6.30. The Labute approximate surface area is 118 Å². The molecule has 0 saturated carbocycles. The van der Waals surface area contributed by atoms with Gasteiger partial charge >= 0.3 is 0 Å². The van der Waals surface area contributed by atoms with Crippen LogP contribution in [0.15, 0.2) is 42.7 Å². The lowest BCUT2D eigenvalue weighted by atomic mass is 9.98. The second-order valence-corrected chi connectivity index (χ2v) is 4.82. The molecule has 0 bridgehead atoms. The highest BCUT2D eigenvalue weighted by Crippen LogP contribution is 2.30. The van der Waals surface area contributed by atoms with E-state index in [9.17, 15) is 0 Å². The highest BCUT2D eigenvalue weighted by atomic mass is 35.5. The third-order valence-corrected chi connectivity index (χ3v) is 3.36. The van der Waals surface area contributed by atoms with E-state index in [1.165, 1.54) is 0 Å². The minimum Gasteiger partial charge on any atom is -0.398 e. The fourth-order valence-corrected chi connectivity index (χ4v) is 2.29. The molecule has 0 saturated heterocycles. The van der Waals surface area contributed by atoms with E-state index in [1.807, 2.05) is 30.3 Å². The van der Waals surface area contributed by atoms with Crippen molar-refractivity contribution in [3.05, 3.63) is 58.9 Å². The first-order valence-electron chi connectivity index (χ1n) is 6.41. The van der Waals surface area contributed by atoms with E-state index in [0.29, 0.717) is 0 Å². The number of aromatic nitrogens is 1. The number of benzene rings is 1. The molecule has 1 aromatic carbocycles. The predicted molar refractivity (Wildman–Crippen MR) is 80.2 cm³/mol. The van der Waals surface area contributed by atoms with E-state index in [0.717, 1.165) is 34.8 Å². The average molecular weight is 276 g/mol. The van der Waals surface area contributed by atoms with Crippen LogP contribution >= 0.6 is 11.6 Å². The second-order valence-electron chi connectivity index (χ2n) is 4.41. The number of nitrogens with one attached hydrogen (secondary N) is 1. The van der Waals surface area contributed by atoms with Gasteiger partial charge in [-0.3, -0.25) is 4.98 Å². The first-order chi connectivity index (χ1) is 9.24. The summed E-state index contributed by atoms with van der Waals surface area (Å²) in [5.41, 5.74) is 8.77. The van der Waals surface area contributed by atoms with Gasteiger partial charge in [-0.25, -0.2) is 0 Å². The van der Waals surface area contributed by atoms with E-state index in [4.69, 9.17) is 17.3 Å². The Balaban J connectivity index is 2.42. The van der Waals surface area contributed by atoms with Crippen LogP contribution in [0.1, 0.15) is 30.5 Å². The molecular formula is C15H18ClN3. The topological polar surface area (TPSA) is 50.9 Å². The average Bonchev–Trinajstić information content (AvgIpc) is 2.42. The molecule has 0 aliphatic heterocycles. The van der Waals surface area contributed by atoms with Crippen molar-refractivity contribution in [3.8, 4) is 0 Å². The zero-order valence-electron chi connectivity index (χ0n) is 10.9. The Morgan fingerprint density at radius 2 is 2.05 bits per heavy atom. The van der Waals surface area contributed by atoms with Gasteiger partial charge in [0.1, 0.15) is 0 Å². The maximum Gasteiger partial charge on any atom is 0.0627 e. The first kappa shape index (κ1) is 13.8. The number of hydrogen-bond donors (Lipinski definition) is 2. The van der Waals surface area contributed by atoms with Crippen molar-refractivity contribution in [2.45, 2.75) is 19.4 Å². The SMILES string of the molecule is CCCNC(c1cnccc1N)c1ccccc1Cl. The van der Waals surface area contributed by atoms with Crippen molar-refractivity contribution in [2.24, 2.45) is 0 Å². The van der Waals surface area contributed by atoms with Crippen LogP contribution < -0.4 is 11.1 Å². The predicted octanol–water partition coefficient (Wildman–Crippen LogP) is 3.41. The summed E-state index contributed by atoms with van der Waals surface area (Å²) in [7, 11) is 0. The summed E-state index contributed by atoms with van der Waals surface area (Å²) in [4.78, 5) is 4.17. The lowest BCUT2D eigenvalue weighted by molar-refractivity contribution is 0.598. The molecule has 0 aliphatic rings. The van der Waals surface area contributed by atoms with Crippen molar-refractivity contribution >= 4 is 17.3 Å². The molecule has 100 valence electrons. The molecule has 0 fully saturated rings. The summed E-state index contributed by atoms with van der Waals surface area (Å²) in [6, 6.07) is 9.60. The highest BCUT2D eigenvalue weighted by Gasteiger charge is 2.18. The third kappa shape index (κ3) is 3.25. The van der Waals surface area contributed by atoms with Crippen molar-refractivity contribution < 1.29 is 0 Å². The van der Waals surface area contributed by atoms with Crippen LogP contribution in [0.25, 0.3) is 0 Å². The molecule has 1 heterocycles. The van der Waals surface area contributed by atoms with Gasteiger partial charge in [0.15, 0.2) is 0 Å². The smallest absolute Gasteiger partial charge is 0.0627 e. The van der Waals surface area contributed by atoms with Crippen molar-refractivity contribution in [1.82, 2.24) is 10.3 Å². The molecule has 1 aromatic heterocycles. The van der Waals surface area contributed by atoms with Gasteiger partial charge in [-0.2, -0.15) is 0 Å². The van der Waals surface area contributed by atoms with E-state index >= 15 is 0 Å². The molecule has 1 atom stereocenters. The number of nitrogen functional groups attached to an aromatic ring is 1. The Hall–Kier alpha value is -1.58. The number of nitrogens with zero attached hydrogens (tertiary/aromatic N) is 1. The first-order valence-corrected chi connectivity index (χ1v) is 6.79. The van der Waals surface area contributed by atoms with E-state index in [2.05, 4.69) is 17.2 Å². The fraction of sp³-hybridized carbons (Fsp3) is 0.267. The van der Waals surface area contributed by atoms with Crippen molar-refractivity contribution in [2.75, 3.05) is 12.3 Å². The molecule has 0 amide bonds. The van der Waals surface area contributed by atoms with Gasteiger partial charge in [0.25, 0.3) is 0 Å². The normalized spacial score (nSPS) is 12.3. The van der Waals surface area contributed by atoms with Gasteiger partial charge in [0.2, 0.25) is 0 Å². The standard InChI is InChI=1S/C15H18ClN3/c1-2-8-19-15(11-5-3-4-6-13(11)16)12-10-18-9-7-14(12)17/h3-7,9-10,15,19H,2,8H2,1H3,(H2,17,18). The Bertz CT molecular complexity index is 497. The van der Waals surface area contributed by atoms with Gasteiger partial charge in [-0.15, -0.1) is 0 Å². The van der Waals surface area contributed by atoms with Crippen molar-refractivity contribution in [1.29, 1.82) is 0 Å². The molecule has 1 unspecified atom stereocenters. The summed E-state index contributed by atoms with van der Waals surface area (Å²) < 4.78 is 0. The van der Waals surface area contributed by atoms with E-state index < -0.39 is 0 Å². The van der Waals surface area contributed by atoms with Gasteiger partial charge in [0, 0.05) is 28.7 Å². The maximum atomic E-state index is 6.30. The summed E-state index contributed by atoms with van der Waals surface area (Å²) in [5.74, 6) is 0. The minimum atomic E-state index is -0.0256. The molecule has 0 aliphatic carbocycles. The molecule has 3 N–H and O–H groups in total. The van der Waals surface area contributed by atoms with Gasteiger partial charge in [-0.05, 0) is 30.7 Å². The third-order valence-electron chi connectivity index (χ3n) is 3.01. The Kier molecular flexibility index (Phi) is 4.77. The number of halogens is 1. The lowest BCUT2D eigenvalue weighted by Gasteiger charge is -2.21. The number of anilines is 1. The molecule has 0 radical (unpaired) electrons. The number of rotatable bonds is 5. The zero-order valence-corrected chi connectivity index (χ0v) is 11.7. The van der Waals surface area contributed by atoms with E-state index in [-0.39, 0.29) is 6.04 Å². The fourth-order valence-electron chi connectivity index (χ4n) is 2.04. The van der Waals surface area contributed by atoms with Gasteiger partial charge < -0.3 is 11.1 Å². The summed E-state index contributed by atoms with van der Waals surface area (Å²) in [6.45, 7) is 3.02. The molecule has 2 rings (SSSR count). The van der Waals surface area contributed by atoms with Crippen LogP contribution in [0.2, 0.25) is 5.02 Å². The summed E-state index contributed by atoms with van der Waals surface area (Å²) >= 11 is 6.30. The van der Waals surface area contributed by atoms with Crippen LogP contribution in [-0.4, -0.2) is 11.5 Å². The molecule has 2 aromatic rings. The minimum absolute atomic E-state index is 0.0256. The zero-order chi connectivity index (χ0) is 13.7. The Morgan fingerprint density at radius 3 is 2.74 bits per heavy atom. The Morgan fingerprint density at radius 1 is 1.26 bits per heavy atom. The lowest BCUT2D eigenvalue weighted by Crippen LogP contribution is -2.24. The molecule has 3 nitrogen and oxygen atoms in total. The number of nitrogens with two attached hydrogens (primary N) is 1. The largest absolute Gasteiger partial charge is 0.398 e. The van der Waals surface area contributed by atoms with Crippen LogP contribution in [0.4, 0.5) is 5.69 Å². The van der Waals surface area contributed by atoms with Crippen LogP contribution in [-0.2, 0) is 0 Å². The van der Waals surface area contributed by atoms with Crippen LogP contribution in [0.5, 0.6) is 0 Å². The number of hydrogen-bond acceptors (Lipinski definition) is 3. The van der Waals surface area contributed by atoms with Gasteiger partial charge in [-0.1, -0.05) is 36.7 Å². The molecule has 0 spiro atoms. The number of pyridine rings is 1. The molecule has 4 heteroatoms. The highest BCUT2D eigenvalue weighted by molar-refractivity contribution is 6.31. The summed E-state index contributed by atoms with van der Waals surface area (Å²) in [5, 5.41) is 4.21. The second kappa shape index (κ2) is 6.55. The van der Waals surface area contributed by atoms with E-state index in [1.54, 1.807) is 12.4 Å².